The van der Waals surface area contributed by atoms with Crippen molar-refractivity contribution in [3.63, 3.8) is 0 Å². The van der Waals surface area contributed by atoms with Crippen molar-refractivity contribution in [1.82, 2.24) is 5.43 Å². The Bertz CT molecular complexity index is 1620. The Morgan fingerprint density at radius 1 is 0.786 bits per heavy atom. The zero-order valence-corrected chi connectivity index (χ0v) is 23.6. The zero-order valence-electron chi connectivity index (χ0n) is 22.1. The molecule has 212 valence electrons. The summed E-state index contributed by atoms with van der Waals surface area (Å²) in [5, 5.41) is 4.89. The van der Waals surface area contributed by atoms with Crippen molar-refractivity contribution >= 4 is 47.3 Å². The normalized spacial score (nSPS) is 10.6. The molecule has 0 atom stereocenters. The van der Waals surface area contributed by atoms with Crippen molar-refractivity contribution in [2.24, 2.45) is 5.10 Å². The molecule has 0 aliphatic heterocycles. The summed E-state index contributed by atoms with van der Waals surface area (Å²) in [5.74, 6) is -1.11. The smallest absolute Gasteiger partial charge is 0.343 e. The Hall–Kier alpha value is -4.92. The second-order valence-electron chi connectivity index (χ2n) is 8.67. The maximum atomic E-state index is 12.8. The van der Waals surface area contributed by atoms with Gasteiger partial charge in [0.1, 0.15) is 17.2 Å². The van der Waals surface area contributed by atoms with E-state index in [-0.39, 0.29) is 29.2 Å². The van der Waals surface area contributed by atoms with Crippen molar-refractivity contribution in [2.75, 3.05) is 6.61 Å². The van der Waals surface area contributed by atoms with E-state index < -0.39 is 17.8 Å². The van der Waals surface area contributed by atoms with Crippen molar-refractivity contribution in [3.8, 4) is 17.2 Å². The van der Waals surface area contributed by atoms with E-state index in [4.69, 9.17) is 37.4 Å². The Morgan fingerprint density at radius 3 is 2.05 bits per heavy atom. The summed E-state index contributed by atoms with van der Waals surface area (Å²) in [6.07, 6.45) is 3.63. The van der Waals surface area contributed by atoms with Crippen molar-refractivity contribution in [2.45, 2.75) is 6.42 Å². The van der Waals surface area contributed by atoms with Crippen LogP contribution in [0, 0.1) is 0 Å². The highest BCUT2D eigenvalue weighted by molar-refractivity contribution is 6.31. The highest BCUT2D eigenvalue weighted by Gasteiger charge is 2.15. The predicted octanol–water partition coefficient (Wildman–Crippen LogP) is 6.69. The minimum atomic E-state index is -0.682. The molecule has 0 saturated heterocycles. The molecule has 1 N–H and O–H groups in total. The van der Waals surface area contributed by atoms with E-state index in [1.807, 2.05) is 12.1 Å². The molecule has 4 rings (SSSR count). The molecule has 0 bridgehead atoms. The largest absolute Gasteiger partial charge is 0.483 e. The molecule has 0 aromatic heterocycles. The summed E-state index contributed by atoms with van der Waals surface area (Å²) < 4.78 is 16.7. The van der Waals surface area contributed by atoms with E-state index in [9.17, 15) is 14.4 Å². The first-order valence-corrected chi connectivity index (χ1v) is 13.3. The molecule has 0 heterocycles. The zero-order chi connectivity index (χ0) is 29.9. The highest BCUT2D eigenvalue weighted by Crippen LogP contribution is 2.26. The van der Waals surface area contributed by atoms with E-state index >= 15 is 0 Å². The summed E-state index contributed by atoms with van der Waals surface area (Å²) >= 11 is 11.8. The van der Waals surface area contributed by atoms with Crippen LogP contribution in [0.25, 0.3) is 0 Å². The van der Waals surface area contributed by atoms with Gasteiger partial charge in [-0.1, -0.05) is 47.5 Å². The van der Waals surface area contributed by atoms with Crippen LogP contribution in [0.15, 0.2) is 109 Å². The number of hydrazone groups is 1. The first-order valence-electron chi connectivity index (χ1n) is 12.6. The van der Waals surface area contributed by atoms with Crippen LogP contribution in [0.2, 0.25) is 10.0 Å². The van der Waals surface area contributed by atoms with Crippen LogP contribution < -0.4 is 19.6 Å². The third-order valence-corrected chi connectivity index (χ3v) is 6.15. The molecule has 8 nitrogen and oxygen atoms in total. The molecule has 10 heteroatoms. The Balaban J connectivity index is 1.48. The van der Waals surface area contributed by atoms with Gasteiger partial charge in [0.05, 0.1) is 17.3 Å². The number of allylic oxidation sites excluding steroid dienone is 1. The number of nitrogens with zero attached hydrogens (tertiary/aromatic N) is 1. The van der Waals surface area contributed by atoms with Crippen LogP contribution >= 0.6 is 23.2 Å². The number of ether oxygens (including phenoxy) is 3. The van der Waals surface area contributed by atoms with Crippen molar-refractivity contribution < 1.29 is 28.6 Å². The molecular formula is C32H24Cl2N2O6. The fourth-order valence-corrected chi connectivity index (χ4v) is 3.84. The van der Waals surface area contributed by atoms with Crippen LogP contribution in [0.4, 0.5) is 0 Å². The molecule has 4 aromatic rings. The van der Waals surface area contributed by atoms with E-state index in [1.54, 1.807) is 42.5 Å². The van der Waals surface area contributed by atoms with Gasteiger partial charge >= 0.3 is 11.9 Å². The molecule has 0 spiro atoms. The van der Waals surface area contributed by atoms with Crippen LogP contribution in [0.5, 0.6) is 17.2 Å². The van der Waals surface area contributed by atoms with Crippen molar-refractivity contribution in [3.05, 3.63) is 136 Å². The van der Waals surface area contributed by atoms with Crippen LogP contribution in [-0.2, 0) is 11.2 Å². The van der Waals surface area contributed by atoms with E-state index in [1.165, 1.54) is 48.7 Å². The second kappa shape index (κ2) is 14.6. The van der Waals surface area contributed by atoms with Gasteiger partial charge in [0, 0.05) is 21.7 Å². The number of hydrogen-bond donors (Lipinski definition) is 1. The fraction of sp³-hybridized carbons (Fsp3) is 0.0625. The number of hydrogen-bond acceptors (Lipinski definition) is 7. The monoisotopic (exact) mass is 602 g/mol. The van der Waals surface area contributed by atoms with Crippen LogP contribution in [0.3, 0.4) is 0 Å². The lowest BCUT2D eigenvalue weighted by molar-refractivity contribution is -0.123. The van der Waals surface area contributed by atoms with E-state index in [0.717, 1.165) is 5.56 Å². The van der Waals surface area contributed by atoms with Crippen LogP contribution in [0.1, 0.15) is 31.8 Å². The van der Waals surface area contributed by atoms with E-state index in [0.29, 0.717) is 27.8 Å². The lowest BCUT2D eigenvalue weighted by Gasteiger charge is -2.11. The number of benzene rings is 4. The minimum Gasteiger partial charge on any atom is -0.483 e. The molecule has 0 aliphatic rings. The van der Waals surface area contributed by atoms with Gasteiger partial charge in [0.2, 0.25) is 0 Å². The lowest BCUT2D eigenvalue weighted by Crippen LogP contribution is -2.24. The Labute approximate surface area is 252 Å². The SMILES string of the molecule is C=CCc1ccccc1OCC(=O)N/N=C/c1ccc(OC(=O)c2ccc(Cl)cc2)cc1OC(=O)c1ccc(Cl)cc1. The van der Waals surface area contributed by atoms with Gasteiger partial charge in [0.15, 0.2) is 6.61 Å². The number of carbonyl (C=O) groups excluding carboxylic acids is 3. The number of amides is 1. The average molecular weight is 603 g/mol. The van der Waals surface area contributed by atoms with E-state index in [2.05, 4.69) is 17.1 Å². The Kier molecular flexibility index (Phi) is 10.5. The number of nitrogens with one attached hydrogen (secondary N) is 1. The number of carbonyl (C=O) groups is 3. The lowest BCUT2D eigenvalue weighted by atomic mass is 10.1. The maximum absolute atomic E-state index is 12.8. The topological polar surface area (TPSA) is 103 Å². The predicted molar refractivity (Wildman–Crippen MR) is 161 cm³/mol. The average Bonchev–Trinajstić information content (AvgIpc) is 2.98. The second-order valence-corrected chi connectivity index (χ2v) is 9.55. The molecule has 42 heavy (non-hydrogen) atoms. The first kappa shape index (κ1) is 30.0. The van der Waals surface area contributed by atoms with Gasteiger partial charge in [-0.2, -0.15) is 5.10 Å². The summed E-state index contributed by atoms with van der Waals surface area (Å²) in [7, 11) is 0. The molecular weight excluding hydrogens is 579 g/mol. The number of halogens is 2. The molecule has 4 aromatic carbocycles. The third-order valence-electron chi connectivity index (χ3n) is 5.65. The van der Waals surface area contributed by atoms with Crippen molar-refractivity contribution in [1.29, 1.82) is 0 Å². The minimum absolute atomic E-state index is 0.0314. The summed E-state index contributed by atoms with van der Waals surface area (Å²) in [4.78, 5) is 37.8. The van der Waals surface area contributed by atoms with Gasteiger partial charge in [-0.25, -0.2) is 15.0 Å². The van der Waals surface area contributed by atoms with Crippen LogP contribution in [-0.4, -0.2) is 30.7 Å². The highest BCUT2D eigenvalue weighted by atomic mass is 35.5. The molecule has 0 aliphatic carbocycles. The molecule has 0 saturated carbocycles. The fourth-order valence-electron chi connectivity index (χ4n) is 3.59. The molecule has 0 fully saturated rings. The summed E-state index contributed by atoms with van der Waals surface area (Å²) in [6.45, 7) is 3.45. The summed E-state index contributed by atoms with van der Waals surface area (Å²) in [6, 6.07) is 24.0. The number of para-hydroxylation sites is 1. The maximum Gasteiger partial charge on any atom is 0.343 e. The number of esters is 2. The number of rotatable bonds is 11. The first-order chi connectivity index (χ1) is 20.3. The van der Waals surface area contributed by atoms with Gasteiger partial charge in [-0.05, 0) is 78.7 Å². The van der Waals surface area contributed by atoms with Gasteiger partial charge in [-0.3, -0.25) is 4.79 Å². The summed E-state index contributed by atoms with van der Waals surface area (Å²) in [5.41, 5.74) is 4.12. The Morgan fingerprint density at radius 2 is 1.40 bits per heavy atom. The third kappa shape index (κ3) is 8.54. The van der Waals surface area contributed by atoms with Gasteiger partial charge in [0.25, 0.3) is 5.91 Å². The quantitative estimate of drug-likeness (QED) is 0.0674. The molecule has 0 radical (unpaired) electrons. The molecule has 0 unspecified atom stereocenters. The van der Waals surface area contributed by atoms with Gasteiger partial charge < -0.3 is 14.2 Å². The standard InChI is InChI=1S/C32H24Cl2N2O6/c1-2-5-21-6-3-4-7-28(21)40-20-30(37)36-35-19-24-12-17-27(41-31(38)22-8-13-25(33)14-9-22)18-29(24)42-32(39)23-10-15-26(34)16-11-23/h2-4,6-19H,1,5,20H2,(H,36,37)/b35-19+. The van der Waals surface area contributed by atoms with Gasteiger partial charge in [-0.15, -0.1) is 6.58 Å². The molecule has 1 amide bonds.